The number of morpholine rings is 1. The maximum absolute atomic E-state index is 12.0. The van der Waals surface area contributed by atoms with Gasteiger partial charge in [0.1, 0.15) is 0 Å². The fourth-order valence-corrected chi connectivity index (χ4v) is 3.65. The number of hydrogen-bond donors (Lipinski definition) is 0. The fourth-order valence-electron chi connectivity index (χ4n) is 2.59. The van der Waals surface area contributed by atoms with E-state index in [4.69, 9.17) is 4.74 Å². The molecule has 104 valence electrons. The van der Waals surface area contributed by atoms with Crippen LogP contribution in [0.1, 0.15) is 19.8 Å². The molecule has 0 aliphatic carbocycles. The number of hydrogen-bond acceptors (Lipinski definition) is 4. The Morgan fingerprint density at radius 2 is 2.11 bits per heavy atom. The van der Waals surface area contributed by atoms with Crippen LogP contribution in [0.2, 0.25) is 0 Å². The van der Waals surface area contributed by atoms with E-state index in [9.17, 15) is 4.79 Å². The van der Waals surface area contributed by atoms with Gasteiger partial charge in [-0.25, -0.2) is 0 Å². The van der Waals surface area contributed by atoms with Crippen LogP contribution < -0.4 is 0 Å². The van der Waals surface area contributed by atoms with Gasteiger partial charge in [-0.2, -0.15) is 11.8 Å². The van der Waals surface area contributed by atoms with E-state index in [1.165, 1.54) is 5.75 Å². The van der Waals surface area contributed by atoms with Crippen molar-refractivity contribution >= 4 is 17.7 Å². The van der Waals surface area contributed by atoms with Gasteiger partial charge < -0.3 is 9.64 Å². The van der Waals surface area contributed by atoms with Crippen LogP contribution in [-0.4, -0.2) is 72.6 Å². The molecule has 4 nitrogen and oxygen atoms in total. The summed E-state index contributed by atoms with van der Waals surface area (Å²) in [5.74, 6) is 2.59. The topological polar surface area (TPSA) is 32.8 Å². The highest BCUT2D eigenvalue weighted by atomic mass is 32.2. The molecule has 0 aromatic rings. The van der Waals surface area contributed by atoms with E-state index in [0.717, 1.165) is 51.6 Å². The van der Waals surface area contributed by atoms with Gasteiger partial charge in [0.2, 0.25) is 5.91 Å². The van der Waals surface area contributed by atoms with Crippen LogP contribution in [0.5, 0.6) is 0 Å². The second kappa shape index (κ2) is 7.36. The van der Waals surface area contributed by atoms with Gasteiger partial charge in [-0.15, -0.1) is 0 Å². The molecule has 1 amide bonds. The lowest BCUT2D eigenvalue weighted by molar-refractivity contribution is -0.133. The zero-order valence-corrected chi connectivity index (χ0v) is 12.1. The number of ether oxygens (including phenoxy) is 1. The van der Waals surface area contributed by atoms with E-state index in [1.54, 1.807) is 0 Å². The fraction of sp³-hybridized carbons (Fsp3) is 0.923. The minimum Gasteiger partial charge on any atom is -0.379 e. The van der Waals surface area contributed by atoms with Gasteiger partial charge in [-0.1, -0.05) is 6.92 Å². The third-order valence-corrected chi connectivity index (χ3v) is 4.83. The predicted octanol–water partition coefficient (Wildman–Crippen LogP) is 1.06. The van der Waals surface area contributed by atoms with Crippen LogP contribution in [0.4, 0.5) is 0 Å². The number of thioether (sulfide) groups is 1. The summed E-state index contributed by atoms with van der Waals surface area (Å²) in [6.45, 7) is 7.61. The molecule has 2 aliphatic heterocycles. The van der Waals surface area contributed by atoms with Crippen molar-refractivity contribution in [1.29, 1.82) is 0 Å². The summed E-state index contributed by atoms with van der Waals surface area (Å²) in [6, 6.07) is 0.392. The van der Waals surface area contributed by atoms with Crippen LogP contribution in [0.25, 0.3) is 0 Å². The zero-order chi connectivity index (χ0) is 12.8. The highest BCUT2D eigenvalue weighted by Gasteiger charge is 2.26. The van der Waals surface area contributed by atoms with Gasteiger partial charge in [-0.05, 0) is 12.2 Å². The third-order valence-electron chi connectivity index (χ3n) is 3.63. The zero-order valence-electron chi connectivity index (χ0n) is 11.3. The average Bonchev–Trinajstić information content (AvgIpc) is 2.64. The summed E-state index contributed by atoms with van der Waals surface area (Å²) >= 11 is 1.99. The van der Waals surface area contributed by atoms with Crippen molar-refractivity contribution in [2.75, 3.05) is 50.9 Å². The van der Waals surface area contributed by atoms with E-state index >= 15 is 0 Å². The van der Waals surface area contributed by atoms with Crippen LogP contribution in [-0.2, 0) is 9.53 Å². The quantitative estimate of drug-likeness (QED) is 0.769. The minimum absolute atomic E-state index is 0.316. The smallest absolute Gasteiger partial charge is 0.222 e. The minimum atomic E-state index is 0.316. The van der Waals surface area contributed by atoms with E-state index in [-0.39, 0.29) is 0 Å². The Labute approximate surface area is 114 Å². The highest BCUT2D eigenvalue weighted by Crippen LogP contribution is 2.18. The van der Waals surface area contributed by atoms with Gasteiger partial charge in [-0.3, -0.25) is 9.69 Å². The molecule has 0 bridgehead atoms. The second-order valence-corrected chi connectivity index (χ2v) is 6.09. The molecule has 2 aliphatic rings. The highest BCUT2D eigenvalue weighted by molar-refractivity contribution is 7.99. The summed E-state index contributed by atoms with van der Waals surface area (Å²) < 4.78 is 5.38. The largest absolute Gasteiger partial charge is 0.379 e. The summed E-state index contributed by atoms with van der Waals surface area (Å²) in [7, 11) is 0. The van der Waals surface area contributed by atoms with E-state index in [2.05, 4.69) is 9.80 Å². The second-order valence-electron chi connectivity index (χ2n) is 4.94. The van der Waals surface area contributed by atoms with Crippen molar-refractivity contribution in [1.82, 2.24) is 9.80 Å². The molecule has 0 N–H and O–H groups in total. The maximum atomic E-state index is 12.0. The van der Waals surface area contributed by atoms with Gasteiger partial charge in [0, 0.05) is 38.4 Å². The number of nitrogens with zero attached hydrogens (tertiary/aromatic N) is 2. The van der Waals surface area contributed by atoms with Gasteiger partial charge in [0.05, 0.1) is 19.3 Å². The summed E-state index contributed by atoms with van der Waals surface area (Å²) in [5.41, 5.74) is 0. The van der Waals surface area contributed by atoms with E-state index in [1.807, 2.05) is 18.7 Å². The Bertz CT molecular complexity index is 270. The lowest BCUT2D eigenvalue weighted by Crippen LogP contribution is -2.50. The first-order valence-electron chi connectivity index (χ1n) is 6.98. The molecule has 18 heavy (non-hydrogen) atoms. The van der Waals surface area contributed by atoms with Gasteiger partial charge in [0.15, 0.2) is 0 Å². The number of carbonyl (C=O) groups is 1. The van der Waals surface area contributed by atoms with Crippen LogP contribution in [0.3, 0.4) is 0 Å². The lowest BCUT2D eigenvalue weighted by atomic mass is 10.2. The van der Waals surface area contributed by atoms with Gasteiger partial charge >= 0.3 is 0 Å². The van der Waals surface area contributed by atoms with Crippen LogP contribution in [0, 0.1) is 0 Å². The molecule has 0 spiro atoms. The summed E-state index contributed by atoms with van der Waals surface area (Å²) in [5, 5.41) is 0. The molecular weight excluding hydrogens is 248 g/mol. The van der Waals surface area contributed by atoms with Crippen molar-refractivity contribution < 1.29 is 9.53 Å². The molecule has 2 rings (SSSR count). The normalized spacial score (nSPS) is 26.9. The Kier molecular flexibility index (Phi) is 5.79. The van der Waals surface area contributed by atoms with Crippen molar-refractivity contribution in [3.05, 3.63) is 0 Å². The molecule has 1 atom stereocenters. The van der Waals surface area contributed by atoms with Crippen LogP contribution in [0.15, 0.2) is 0 Å². The predicted molar refractivity (Wildman–Crippen MR) is 75.0 cm³/mol. The van der Waals surface area contributed by atoms with E-state index in [0.29, 0.717) is 18.4 Å². The third kappa shape index (κ3) is 3.87. The molecule has 0 aromatic heterocycles. The molecule has 0 aromatic carbocycles. The average molecular weight is 272 g/mol. The molecule has 5 heteroatoms. The van der Waals surface area contributed by atoms with Crippen molar-refractivity contribution in [2.45, 2.75) is 25.8 Å². The molecule has 0 radical (unpaired) electrons. The van der Waals surface area contributed by atoms with Gasteiger partial charge in [0.25, 0.3) is 0 Å². The number of carbonyl (C=O) groups excluding carboxylic acids is 1. The Morgan fingerprint density at radius 3 is 2.83 bits per heavy atom. The molecule has 2 heterocycles. The Hall–Kier alpha value is -0.260. The first kappa shape index (κ1) is 14.2. The maximum Gasteiger partial charge on any atom is 0.222 e. The molecular formula is C13H24N2O2S. The molecule has 0 saturated carbocycles. The molecule has 2 fully saturated rings. The monoisotopic (exact) mass is 272 g/mol. The number of rotatable bonds is 3. The molecule has 2 saturated heterocycles. The first-order valence-corrected chi connectivity index (χ1v) is 8.14. The molecule has 0 unspecified atom stereocenters. The van der Waals surface area contributed by atoms with E-state index < -0.39 is 0 Å². The lowest BCUT2D eigenvalue weighted by Gasteiger charge is -2.35. The van der Waals surface area contributed by atoms with Crippen LogP contribution >= 0.6 is 11.8 Å². The Balaban J connectivity index is 1.93. The first-order chi connectivity index (χ1) is 8.81. The standard InChI is InChI=1S/C13H24N2O2S/c1-2-13(16)15-4-3-9-18-11-12(15)10-14-5-7-17-8-6-14/h12H,2-11H2,1H3/t12-/m0/s1. The Morgan fingerprint density at radius 1 is 1.33 bits per heavy atom. The number of amides is 1. The summed E-state index contributed by atoms with van der Waals surface area (Å²) in [6.07, 6.45) is 1.76. The SMILES string of the molecule is CCC(=O)N1CCCSC[C@@H]1CN1CCOCC1. The van der Waals surface area contributed by atoms with Crippen molar-refractivity contribution in [2.24, 2.45) is 0 Å². The van der Waals surface area contributed by atoms with Crippen molar-refractivity contribution in [3.8, 4) is 0 Å². The summed E-state index contributed by atoms with van der Waals surface area (Å²) in [4.78, 5) is 16.6. The van der Waals surface area contributed by atoms with Crippen molar-refractivity contribution in [3.63, 3.8) is 0 Å².